The standard InChI is InChI=1S/C12H20N4O/c1-16(7-3-2-4-8-17)10-5-6-15-11(9-10)12(13)14/h5-6,9,17H,2-4,7-8H2,1H3,(H3,13,14). The highest BCUT2D eigenvalue weighted by atomic mass is 16.2. The fraction of sp³-hybridized carbons (Fsp3) is 0.500. The van der Waals surface area contributed by atoms with Crippen molar-refractivity contribution in [2.45, 2.75) is 19.3 Å². The van der Waals surface area contributed by atoms with E-state index in [-0.39, 0.29) is 12.4 Å². The molecule has 1 heterocycles. The maximum atomic E-state index is 8.69. The van der Waals surface area contributed by atoms with E-state index in [1.807, 2.05) is 19.2 Å². The number of hydrogen-bond acceptors (Lipinski definition) is 4. The fourth-order valence-corrected chi connectivity index (χ4v) is 1.57. The topological polar surface area (TPSA) is 86.2 Å². The molecule has 0 saturated heterocycles. The van der Waals surface area contributed by atoms with E-state index in [0.29, 0.717) is 5.69 Å². The van der Waals surface area contributed by atoms with Gasteiger partial charge in [0, 0.05) is 32.1 Å². The van der Waals surface area contributed by atoms with Crippen LogP contribution in [0.1, 0.15) is 25.0 Å². The Morgan fingerprint density at radius 1 is 1.47 bits per heavy atom. The summed E-state index contributed by atoms with van der Waals surface area (Å²) in [6.45, 7) is 1.18. The number of hydrogen-bond donors (Lipinski definition) is 3. The lowest BCUT2D eigenvalue weighted by atomic mass is 10.2. The van der Waals surface area contributed by atoms with Crippen LogP contribution in [0, 0.1) is 5.41 Å². The van der Waals surface area contributed by atoms with E-state index in [0.717, 1.165) is 31.5 Å². The van der Waals surface area contributed by atoms with Crippen LogP contribution in [-0.4, -0.2) is 36.1 Å². The van der Waals surface area contributed by atoms with Crippen molar-refractivity contribution in [1.82, 2.24) is 4.98 Å². The first kappa shape index (κ1) is 13.4. The van der Waals surface area contributed by atoms with Crippen LogP contribution >= 0.6 is 0 Å². The van der Waals surface area contributed by atoms with Crippen LogP contribution < -0.4 is 10.6 Å². The summed E-state index contributed by atoms with van der Waals surface area (Å²) in [5.74, 6) is -0.0134. The van der Waals surface area contributed by atoms with Crippen LogP contribution in [0.3, 0.4) is 0 Å². The highest BCUT2D eigenvalue weighted by molar-refractivity contribution is 5.93. The molecule has 0 radical (unpaired) electrons. The third kappa shape index (κ3) is 4.40. The molecule has 0 aromatic carbocycles. The summed E-state index contributed by atoms with van der Waals surface area (Å²) >= 11 is 0. The molecule has 1 aromatic rings. The Bertz CT molecular complexity index is 367. The first-order chi connectivity index (χ1) is 8.15. The number of aliphatic hydroxyl groups is 1. The molecule has 0 saturated carbocycles. The van der Waals surface area contributed by atoms with E-state index in [1.165, 1.54) is 0 Å². The lowest BCUT2D eigenvalue weighted by Gasteiger charge is -2.19. The van der Waals surface area contributed by atoms with Crippen LogP contribution in [0.4, 0.5) is 5.69 Å². The minimum atomic E-state index is -0.0134. The molecule has 0 aliphatic heterocycles. The summed E-state index contributed by atoms with van der Waals surface area (Å²) in [7, 11) is 2.00. The van der Waals surface area contributed by atoms with Crippen molar-refractivity contribution in [1.29, 1.82) is 5.41 Å². The minimum Gasteiger partial charge on any atom is -0.396 e. The highest BCUT2D eigenvalue weighted by Crippen LogP contribution is 2.13. The van der Waals surface area contributed by atoms with Crippen molar-refractivity contribution in [3.63, 3.8) is 0 Å². The molecule has 0 fully saturated rings. The minimum absolute atomic E-state index is 0.0134. The number of nitrogens with two attached hydrogens (primary N) is 1. The third-order valence-corrected chi connectivity index (χ3v) is 2.61. The van der Waals surface area contributed by atoms with E-state index in [2.05, 4.69) is 9.88 Å². The number of anilines is 1. The molecule has 0 atom stereocenters. The Morgan fingerprint density at radius 3 is 2.88 bits per heavy atom. The van der Waals surface area contributed by atoms with Crippen molar-refractivity contribution in [2.75, 3.05) is 25.1 Å². The van der Waals surface area contributed by atoms with Gasteiger partial charge in [0.25, 0.3) is 0 Å². The molecule has 0 amide bonds. The van der Waals surface area contributed by atoms with Gasteiger partial charge in [-0.3, -0.25) is 10.4 Å². The van der Waals surface area contributed by atoms with Gasteiger partial charge in [-0.1, -0.05) is 0 Å². The van der Waals surface area contributed by atoms with Gasteiger partial charge >= 0.3 is 0 Å². The molecule has 0 unspecified atom stereocenters. The number of nitrogens with one attached hydrogen (secondary N) is 1. The van der Waals surface area contributed by atoms with Crippen LogP contribution in [0.2, 0.25) is 0 Å². The predicted molar refractivity (Wildman–Crippen MR) is 69.5 cm³/mol. The van der Waals surface area contributed by atoms with Gasteiger partial charge < -0.3 is 15.7 Å². The molecule has 1 rings (SSSR count). The van der Waals surface area contributed by atoms with Gasteiger partial charge in [-0.25, -0.2) is 0 Å². The summed E-state index contributed by atoms with van der Waals surface area (Å²) in [5, 5.41) is 16.0. The molecule has 5 heteroatoms. The Hall–Kier alpha value is -1.62. The smallest absolute Gasteiger partial charge is 0.141 e. The lowest BCUT2D eigenvalue weighted by molar-refractivity contribution is 0.283. The summed E-state index contributed by atoms with van der Waals surface area (Å²) in [6.07, 6.45) is 4.57. The number of amidine groups is 1. The number of rotatable bonds is 7. The van der Waals surface area contributed by atoms with Crippen LogP contribution in [0.5, 0.6) is 0 Å². The second-order valence-corrected chi connectivity index (χ2v) is 4.02. The van der Waals surface area contributed by atoms with E-state index in [4.69, 9.17) is 16.2 Å². The normalized spacial score (nSPS) is 10.2. The quantitative estimate of drug-likeness (QED) is 0.374. The van der Waals surface area contributed by atoms with Crippen molar-refractivity contribution < 1.29 is 5.11 Å². The molecule has 4 N–H and O–H groups in total. The molecule has 0 aliphatic carbocycles. The van der Waals surface area contributed by atoms with Crippen molar-refractivity contribution >= 4 is 11.5 Å². The molecule has 0 spiro atoms. The largest absolute Gasteiger partial charge is 0.396 e. The monoisotopic (exact) mass is 236 g/mol. The predicted octanol–water partition coefficient (Wildman–Crippen LogP) is 0.964. The average Bonchev–Trinajstić information content (AvgIpc) is 2.34. The zero-order valence-corrected chi connectivity index (χ0v) is 10.2. The molecule has 17 heavy (non-hydrogen) atoms. The van der Waals surface area contributed by atoms with Gasteiger partial charge in [0.15, 0.2) is 0 Å². The number of pyridine rings is 1. The number of aliphatic hydroxyl groups excluding tert-OH is 1. The van der Waals surface area contributed by atoms with Crippen molar-refractivity contribution in [3.05, 3.63) is 24.0 Å². The van der Waals surface area contributed by atoms with Gasteiger partial charge in [0.1, 0.15) is 11.5 Å². The van der Waals surface area contributed by atoms with Crippen LogP contribution in [0.15, 0.2) is 18.3 Å². The van der Waals surface area contributed by atoms with E-state index < -0.39 is 0 Å². The molecule has 0 bridgehead atoms. The summed E-state index contributed by atoms with van der Waals surface area (Å²) in [5.41, 5.74) is 6.91. The average molecular weight is 236 g/mol. The van der Waals surface area contributed by atoms with Crippen molar-refractivity contribution in [2.24, 2.45) is 5.73 Å². The molecule has 1 aromatic heterocycles. The first-order valence-electron chi connectivity index (χ1n) is 5.77. The Labute approximate surface area is 102 Å². The maximum Gasteiger partial charge on any atom is 0.141 e. The molecular formula is C12H20N4O. The molecule has 94 valence electrons. The number of nitrogens with zero attached hydrogens (tertiary/aromatic N) is 2. The van der Waals surface area contributed by atoms with Gasteiger partial charge in [0.2, 0.25) is 0 Å². The number of nitrogen functional groups attached to an aromatic ring is 1. The van der Waals surface area contributed by atoms with Gasteiger partial charge in [-0.2, -0.15) is 0 Å². The zero-order valence-electron chi connectivity index (χ0n) is 10.2. The number of aromatic nitrogens is 1. The lowest BCUT2D eigenvalue weighted by Crippen LogP contribution is -2.20. The van der Waals surface area contributed by atoms with Gasteiger partial charge in [-0.15, -0.1) is 0 Å². The third-order valence-electron chi connectivity index (χ3n) is 2.61. The zero-order chi connectivity index (χ0) is 12.7. The van der Waals surface area contributed by atoms with E-state index in [9.17, 15) is 0 Å². The second kappa shape index (κ2) is 6.85. The Kier molecular flexibility index (Phi) is 5.42. The summed E-state index contributed by atoms with van der Waals surface area (Å²) in [4.78, 5) is 6.12. The first-order valence-corrected chi connectivity index (χ1v) is 5.77. The number of unbranched alkanes of at least 4 members (excludes halogenated alkanes) is 2. The second-order valence-electron chi connectivity index (χ2n) is 4.02. The van der Waals surface area contributed by atoms with Gasteiger partial charge in [0.05, 0.1) is 0 Å². The maximum absolute atomic E-state index is 8.69. The Morgan fingerprint density at radius 2 is 2.24 bits per heavy atom. The van der Waals surface area contributed by atoms with Crippen LogP contribution in [0.25, 0.3) is 0 Å². The van der Waals surface area contributed by atoms with Crippen LogP contribution in [-0.2, 0) is 0 Å². The van der Waals surface area contributed by atoms with Gasteiger partial charge in [-0.05, 0) is 31.4 Å². The van der Waals surface area contributed by atoms with E-state index >= 15 is 0 Å². The molecular weight excluding hydrogens is 216 g/mol. The highest BCUT2D eigenvalue weighted by Gasteiger charge is 2.04. The van der Waals surface area contributed by atoms with E-state index in [1.54, 1.807) is 6.20 Å². The molecule has 0 aliphatic rings. The SMILES string of the molecule is CN(CCCCCO)c1ccnc(C(=N)N)c1. The summed E-state index contributed by atoms with van der Waals surface area (Å²) < 4.78 is 0. The summed E-state index contributed by atoms with van der Waals surface area (Å²) in [6, 6.07) is 3.72. The Balaban J connectivity index is 2.53. The fourth-order valence-electron chi connectivity index (χ4n) is 1.57. The van der Waals surface area contributed by atoms with Crippen molar-refractivity contribution in [3.8, 4) is 0 Å². The molecule has 5 nitrogen and oxygen atoms in total.